The van der Waals surface area contributed by atoms with Crippen molar-refractivity contribution in [3.63, 3.8) is 0 Å². The summed E-state index contributed by atoms with van der Waals surface area (Å²) in [5, 5.41) is 9.63. The minimum atomic E-state index is -3.06. The van der Waals surface area contributed by atoms with Crippen LogP contribution in [-0.2, 0) is 47.7 Å². The monoisotopic (exact) mass is 362 g/mol. The van der Waals surface area contributed by atoms with E-state index in [1.165, 1.54) is 0 Å². The molecular formula is C14H18O11. The average molecular weight is 362 g/mol. The minimum Gasteiger partial charge on any atom is -0.476 e. The van der Waals surface area contributed by atoms with Crippen LogP contribution in [0.15, 0.2) is 0 Å². The molecule has 0 aromatic carbocycles. The third-order valence-corrected chi connectivity index (χ3v) is 3.04. The van der Waals surface area contributed by atoms with E-state index in [9.17, 15) is 29.1 Å². The van der Waals surface area contributed by atoms with Crippen LogP contribution < -0.4 is 0 Å². The first-order valence-electron chi connectivity index (χ1n) is 7.10. The van der Waals surface area contributed by atoms with E-state index in [0.29, 0.717) is 0 Å². The van der Waals surface area contributed by atoms with E-state index >= 15 is 0 Å². The quantitative estimate of drug-likeness (QED) is 0.383. The standard InChI is InChI=1S/C14H18O11/c1-7(15)22-11-5-6-21-14(12(19)20,25-10(4)18)13(11,23-8(2)16)24-9(3)17/h11H,5-6H2,1-4H3,(H,19,20). The van der Waals surface area contributed by atoms with Gasteiger partial charge in [-0.05, 0) is 0 Å². The van der Waals surface area contributed by atoms with Gasteiger partial charge >= 0.3 is 41.4 Å². The molecular weight excluding hydrogens is 344 g/mol. The second-order valence-electron chi connectivity index (χ2n) is 5.11. The second kappa shape index (κ2) is 7.47. The Labute approximate surface area is 142 Å². The van der Waals surface area contributed by atoms with Crippen LogP contribution in [-0.4, -0.2) is 59.2 Å². The van der Waals surface area contributed by atoms with E-state index in [1.807, 2.05) is 0 Å². The largest absolute Gasteiger partial charge is 0.476 e. The number of ether oxygens (including phenoxy) is 5. The molecule has 1 rings (SSSR count). The average Bonchev–Trinajstić information content (AvgIpc) is 2.40. The number of aliphatic carboxylic acids is 1. The van der Waals surface area contributed by atoms with Gasteiger partial charge in [0, 0.05) is 34.1 Å². The van der Waals surface area contributed by atoms with Crippen molar-refractivity contribution in [1.82, 2.24) is 0 Å². The van der Waals surface area contributed by atoms with Crippen LogP contribution in [0.2, 0.25) is 0 Å². The number of carboxylic acid groups (broad SMARTS) is 1. The van der Waals surface area contributed by atoms with Crippen LogP contribution in [0.25, 0.3) is 0 Å². The maximum absolute atomic E-state index is 11.9. The summed E-state index contributed by atoms with van der Waals surface area (Å²) >= 11 is 0. The SMILES string of the molecule is CC(=O)OC1CCOC(OC(C)=O)(C(=O)O)C1(OC(C)=O)OC(C)=O. The lowest BCUT2D eigenvalue weighted by atomic mass is 9.93. The molecule has 11 heteroatoms. The maximum Gasteiger partial charge on any atom is 0.396 e. The Morgan fingerprint density at radius 2 is 1.36 bits per heavy atom. The van der Waals surface area contributed by atoms with Crippen LogP contribution in [0, 0.1) is 0 Å². The van der Waals surface area contributed by atoms with Gasteiger partial charge in [-0.2, -0.15) is 0 Å². The van der Waals surface area contributed by atoms with Crippen molar-refractivity contribution in [2.24, 2.45) is 0 Å². The minimum absolute atomic E-state index is 0.198. The second-order valence-corrected chi connectivity index (χ2v) is 5.11. The van der Waals surface area contributed by atoms with Gasteiger partial charge in [0.05, 0.1) is 6.61 Å². The van der Waals surface area contributed by atoms with Gasteiger partial charge < -0.3 is 28.8 Å². The first-order chi connectivity index (χ1) is 11.5. The Hall–Kier alpha value is -2.69. The molecule has 0 aromatic heterocycles. The molecule has 1 saturated heterocycles. The van der Waals surface area contributed by atoms with Crippen LogP contribution in [0.4, 0.5) is 0 Å². The summed E-state index contributed by atoms with van der Waals surface area (Å²) in [6.07, 6.45) is -1.79. The highest BCUT2D eigenvalue weighted by atomic mass is 16.8. The van der Waals surface area contributed by atoms with E-state index in [2.05, 4.69) is 0 Å². The summed E-state index contributed by atoms with van der Waals surface area (Å²) in [5.74, 6) is -12.1. The van der Waals surface area contributed by atoms with Crippen molar-refractivity contribution < 1.29 is 52.8 Å². The smallest absolute Gasteiger partial charge is 0.396 e. The fraction of sp³-hybridized carbons (Fsp3) is 0.643. The molecule has 140 valence electrons. The molecule has 25 heavy (non-hydrogen) atoms. The third kappa shape index (κ3) is 4.05. The molecule has 1 aliphatic heterocycles. The molecule has 0 bridgehead atoms. The predicted octanol–water partition coefficient (Wildman–Crippen LogP) is -0.495. The molecule has 1 heterocycles. The zero-order chi connectivity index (χ0) is 19.4. The Kier molecular flexibility index (Phi) is 6.08. The first-order valence-corrected chi connectivity index (χ1v) is 7.10. The van der Waals surface area contributed by atoms with Crippen LogP contribution in [0.5, 0.6) is 0 Å². The summed E-state index contributed by atoms with van der Waals surface area (Å²) in [5.41, 5.74) is 0. The van der Waals surface area contributed by atoms with Gasteiger partial charge in [0.1, 0.15) is 0 Å². The molecule has 1 fully saturated rings. The van der Waals surface area contributed by atoms with Gasteiger partial charge in [-0.15, -0.1) is 0 Å². The lowest BCUT2D eigenvalue weighted by Gasteiger charge is -2.48. The Bertz CT molecular complexity index is 580. The van der Waals surface area contributed by atoms with Crippen LogP contribution in [0.3, 0.4) is 0 Å². The van der Waals surface area contributed by atoms with E-state index in [4.69, 9.17) is 23.7 Å². The van der Waals surface area contributed by atoms with Gasteiger partial charge in [0.2, 0.25) is 0 Å². The number of rotatable bonds is 5. The summed E-state index contributed by atoms with van der Waals surface area (Å²) in [6, 6.07) is 0. The van der Waals surface area contributed by atoms with Gasteiger partial charge in [-0.1, -0.05) is 0 Å². The highest BCUT2D eigenvalue weighted by Gasteiger charge is 2.75. The van der Waals surface area contributed by atoms with E-state index in [1.54, 1.807) is 0 Å². The zero-order valence-electron chi connectivity index (χ0n) is 14.0. The van der Waals surface area contributed by atoms with Crippen LogP contribution in [0.1, 0.15) is 34.1 Å². The van der Waals surface area contributed by atoms with Crippen LogP contribution >= 0.6 is 0 Å². The molecule has 0 aliphatic carbocycles. The molecule has 2 unspecified atom stereocenters. The van der Waals surface area contributed by atoms with Crippen molar-refractivity contribution in [3.05, 3.63) is 0 Å². The third-order valence-electron chi connectivity index (χ3n) is 3.04. The van der Waals surface area contributed by atoms with E-state index < -0.39 is 47.5 Å². The molecule has 11 nitrogen and oxygen atoms in total. The Morgan fingerprint density at radius 1 is 0.880 bits per heavy atom. The van der Waals surface area contributed by atoms with Gasteiger partial charge in [0.25, 0.3) is 0 Å². The molecule has 0 amide bonds. The van der Waals surface area contributed by atoms with E-state index in [0.717, 1.165) is 27.7 Å². The molecule has 1 aliphatic rings. The summed E-state index contributed by atoms with van der Waals surface area (Å²) in [4.78, 5) is 57.9. The van der Waals surface area contributed by atoms with Gasteiger partial charge in [0.15, 0.2) is 6.10 Å². The summed E-state index contributed by atoms with van der Waals surface area (Å²) < 4.78 is 24.7. The van der Waals surface area contributed by atoms with Crippen molar-refractivity contribution >= 4 is 29.8 Å². The fourth-order valence-corrected chi connectivity index (χ4v) is 2.42. The van der Waals surface area contributed by atoms with Gasteiger partial charge in [-0.3, -0.25) is 19.2 Å². The van der Waals surface area contributed by atoms with E-state index in [-0.39, 0.29) is 13.0 Å². The summed E-state index contributed by atoms with van der Waals surface area (Å²) in [7, 11) is 0. The number of hydrogen-bond donors (Lipinski definition) is 1. The predicted molar refractivity (Wildman–Crippen MR) is 74.5 cm³/mol. The Morgan fingerprint density at radius 3 is 1.72 bits per heavy atom. The lowest BCUT2D eigenvalue weighted by molar-refractivity contribution is -0.402. The number of hydrogen-bond acceptors (Lipinski definition) is 10. The highest BCUT2D eigenvalue weighted by Crippen LogP contribution is 2.43. The van der Waals surface area contributed by atoms with Crippen molar-refractivity contribution in [2.45, 2.75) is 51.8 Å². The molecule has 2 atom stereocenters. The normalized spacial score (nSPS) is 24.6. The topological polar surface area (TPSA) is 152 Å². The van der Waals surface area contributed by atoms with Crippen molar-refractivity contribution in [3.8, 4) is 0 Å². The van der Waals surface area contributed by atoms with Gasteiger partial charge in [-0.25, -0.2) is 4.79 Å². The van der Waals surface area contributed by atoms with Crippen molar-refractivity contribution in [1.29, 1.82) is 0 Å². The zero-order valence-corrected chi connectivity index (χ0v) is 14.0. The Balaban J connectivity index is 3.68. The molecule has 0 radical (unpaired) electrons. The fourth-order valence-electron chi connectivity index (χ4n) is 2.42. The molecule has 0 aromatic rings. The number of carboxylic acids is 1. The maximum atomic E-state index is 11.9. The van der Waals surface area contributed by atoms with Crippen molar-refractivity contribution in [2.75, 3.05) is 6.61 Å². The molecule has 1 N–H and O–H groups in total. The molecule has 0 spiro atoms. The molecule has 0 saturated carbocycles. The summed E-state index contributed by atoms with van der Waals surface area (Å²) in [6.45, 7) is 3.31. The number of esters is 4. The lowest BCUT2D eigenvalue weighted by Crippen LogP contribution is -2.74. The number of carbonyl (C=O) groups is 5. The first kappa shape index (κ1) is 20.4. The highest BCUT2D eigenvalue weighted by molar-refractivity contribution is 5.83. The number of carbonyl (C=O) groups excluding carboxylic acids is 4.